The average Bonchev–Trinajstić information content (AvgIpc) is 3.13. The topological polar surface area (TPSA) is 79.4 Å². The number of carbonyl (C=O) groups is 1. The third kappa shape index (κ3) is 5.45. The lowest BCUT2D eigenvalue weighted by Gasteiger charge is -2.32. The Kier molecular flexibility index (Phi) is 6.86. The van der Waals surface area contributed by atoms with Crippen LogP contribution in [0.25, 0.3) is 0 Å². The molecule has 3 aromatic rings. The fourth-order valence-corrected chi connectivity index (χ4v) is 6.74. The minimum Gasteiger partial charge on any atom is -0.338 e. The minimum absolute atomic E-state index is 0.0693. The number of aromatic nitrogens is 1. The monoisotopic (exact) mass is 483 g/mol. The van der Waals surface area contributed by atoms with Crippen molar-refractivity contribution in [2.45, 2.75) is 44.9 Å². The Morgan fingerprint density at radius 1 is 1.09 bits per heavy atom. The summed E-state index contributed by atoms with van der Waals surface area (Å²) in [5.41, 5.74) is 3.55. The molecule has 0 unspecified atom stereocenters. The molecule has 0 saturated carbocycles. The van der Waals surface area contributed by atoms with Crippen molar-refractivity contribution in [3.8, 4) is 0 Å². The first-order chi connectivity index (χ1) is 15.7. The summed E-state index contributed by atoms with van der Waals surface area (Å²) in [5, 5.41) is 0.217. The molecule has 6 nitrogen and oxygen atoms in total. The van der Waals surface area contributed by atoms with Crippen LogP contribution in [0.2, 0.25) is 0 Å². The average molecular weight is 484 g/mol. The summed E-state index contributed by atoms with van der Waals surface area (Å²) in [7, 11) is -3.78. The summed E-state index contributed by atoms with van der Waals surface area (Å²) < 4.78 is 28.3. The van der Waals surface area contributed by atoms with Gasteiger partial charge in [0.05, 0.1) is 10.6 Å². The number of carbonyl (C=O) groups excluding carboxylic acids is 1. The number of likely N-dealkylation sites (tertiary alicyclic amines) is 1. The number of amides is 1. The number of sulfonamides is 1. The van der Waals surface area contributed by atoms with Crippen molar-refractivity contribution in [3.05, 3.63) is 75.8 Å². The van der Waals surface area contributed by atoms with Crippen molar-refractivity contribution < 1.29 is 13.2 Å². The van der Waals surface area contributed by atoms with E-state index in [2.05, 4.69) is 34.0 Å². The van der Waals surface area contributed by atoms with Crippen LogP contribution in [0.15, 0.2) is 53.4 Å². The van der Waals surface area contributed by atoms with E-state index in [1.165, 1.54) is 5.56 Å². The predicted octanol–water partition coefficient (Wildman–Crippen LogP) is 4.96. The second-order valence-electron chi connectivity index (χ2n) is 8.73. The highest BCUT2D eigenvalue weighted by atomic mass is 32.2. The molecular weight excluding hydrogens is 454 g/mol. The standard InChI is InChI=1S/C25H29N3O3S2/c1-17-9-10-22(18(2)15-17)33(30,31)27-25-26-19(3)23(32-25)24(29)28-13-11-21(12-14-28)16-20-7-5-4-6-8-20/h4-10,15,21H,11-14,16H2,1-3H3,(H,26,27). The van der Waals surface area contributed by atoms with Crippen LogP contribution >= 0.6 is 11.3 Å². The fraction of sp³-hybridized carbons (Fsp3) is 0.360. The number of nitrogens with zero attached hydrogens (tertiary/aromatic N) is 2. The van der Waals surface area contributed by atoms with Gasteiger partial charge in [-0.05, 0) is 63.1 Å². The molecule has 0 atom stereocenters. The molecule has 174 valence electrons. The Hall–Kier alpha value is -2.71. The first-order valence-electron chi connectivity index (χ1n) is 11.1. The summed E-state index contributed by atoms with van der Waals surface area (Å²) >= 11 is 1.10. The van der Waals surface area contributed by atoms with Gasteiger partial charge in [-0.3, -0.25) is 9.52 Å². The molecule has 0 bridgehead atoms. The van der Waals surface area contributed by atoms with Crippen molar-refractivity contribution in [1.29, 1.82) is 0 Å². The van der Waals surface area contributed by atoms with Gasteiger partial charge in [0.1, 0.15) is 4.88 Å². The van der Waals surface area contributed by atoms with Crippen molar-refractivity contribution in [2.24, 2.45) is 5.92 Å². The number of nitrogens with one attached hydrogen (secondary N) is 1. The van der Waals surface area contributed by atoms with E-state index >= 15 is 0 Å². The second kappa shape index (κ2) is 9.65. The van der Waals surface area contributed by atoms with Gasteiger partial charge in [-0.2, -0.15) is 0 Å². The number of piperidine rings is 1. The SMILES string of the molecule is Cc1ccc(S(=O)(=O)Nc2nc(C)c(C(=O)N3CCC(Cc4ccccc4)CC3)s2)c(C)c1. The van der Waals surface area contributed by atoms with Crippen molar-refractivity contribution in [3.63, 3.8) is 0 Å². The van der Waals surface area contributed by atoms with Crippen LogP contribution in [0.4, 0.5) is 5.13 Å². The third-order valence-electron chi connectivity index (χ3n) is 6.10. The largest absolute Gasteiger partial charge is 0.338 e. The van der Waals surface area contributed by atoms with Gasteiger partial charge in [0.2, 0.25) is 0 Å². The summed E-state index contributed by atoms with van der Waals surface area (Å²) in [6.07, 6.45) is 2.96. The van der Waals surface area contributed by atoms with Gasteiger partial charge in [-0.25, -0.2) is 13.4 Å². The van der Waals surface area contributed by atoms with Crippen LogP contribution in [-0.4, -0.2) is 37.3 Å². The van der Waals surface area contributed by atoms with Crippen LogP contribution in [0.5, 0.6) is 0 Å². The molecule has 4 rings (SSSR count). The number of aryl methyl sites for hydroxylation is 3. The van der Waals surface area contributed by atoms with E-state index in [-0.39, 0.29) is 15.9 Å². The van der Waals surface area contributed by atoms with Gasteiger partial charge in [0, 0.05) is 13.1 Å². The maximum Gasteiger partial charge on any atom is 0.265 e. The van der Waals surface area contributed by atoms with Crippen molar-refractivity contribution in [2.75, 3.05) is 17.8 Å². The Balaban J connectivity index is 1.41. The molecule has 0 radical (unpaired) electrons. The summed E-state index contributed by atoms with van der Waals surface area (Å²) in [5.74, 6) is 0.499. The maximum atomic E-state index is 13.1. The summed E-state index contributed by atoms with van der Waals surface area (Å²) in [6.45, 7) is 6.85. The van der Waals surface area contributed by atoms with Crippen LogP contribution in [0.3, 0.4) is 0 Å². The van der Waals surface area contributed by atoms with Gasteiger partial charge in [0.25, 0.3) is 15.9 Å². The molecule has 0 aliphatic carbocycles. The van der Waals surface area contributed by atoms with E-state index in [0.717, 1.165) is 36.2 Å². The Morgan fingerprint density at radius 2 is 1.79 bits per heavy atom. The van der Waals surface area contributed by atoms with Gasteiger partial charge >= 0.3 is 0 Å². The smallest absolute Gasteiger partial charge is 0.265 e. The van der Waals surface area contributed by atoms with E-state index in [1.807, 2.05) is 24.0 Å². The third-order valence-corrected chi connectivity index (χ3v) is 8.79. The Labute approximate surface area is 199 Å². The predicted molar refractivity (Wildman–Crippen MR) is 132 cm³/mol. The van der Waals surface area contributed by atoms with Crippen molar-refractivity contribution in [1.82, 2.24) is 9.88 Å². The summed E-state index contributed by atoms with van der Waals surface area (Å²) in [4.78, 5) is 20.1. The molecule has 2 aromatic carbocycles. The molecule has 1 aliphatic rings. The van der Waals surface area contributed by atoms with Crippen LogP contribution in [0, 0.1) is 26.7 Å². The molecule has 0 spiro atoms. The molecule has 2 heterocycles. The lowest BCUT2D eigenvalue weighted by Crippen LogP contribution is -2.38. The normalized spacial score (nSPS) is 14.9. The van der Waals surface area contributed by atoms with Crippen LogP contribution in [-0.2, 0) is 16.4 Å². The Morgan fingerprint density at radius 3 is 2.45 bits per heavy atom. The highest BCUT2D eigenvalue weighted by Gasteiger charge is 2.27. The molecule has 8 heteroatoms. The van der Waals surface area contributed by atoms with Gasteiger partial charge in [-0.15, -0.1) is 0 Å². The molecule has 1 amide bonds. The van der Waals surface area contributed by atoms with Crippen molar-refractivity contribution >= 4 is 32.4 Å². The first kappa shape index (κ1) is 23.4. The van der Waals surface area contributed by atoms with Gasteiger partial charge in [0.15, 0.2) is 5.13 Å². The number of hydrogen-bond donors (Lipinski definition) is 1. The molecule has 1 fully saturated rings. The van der Waals surface area contributed by atoms with E-state index in [9.17, 15) is 13.2 Å². The zero-order valence-corrected chi connectivity index (χ0v) is 20.8. The number of thiazole rings is 1. The van der Waals surface area contributed by atoms with Crippen LogP contribution in [0.1, 0.15) is 44.9 Å². The quantitative estimate of drug-likeness (QED) is 0.537. The highest BCUT2D eigenvalue weighted by molar-refractivity contribution is 7.93. The lowest BCUT2D eigenvalue weighted by molar-refractivity contribution is 0.0694. The number of hydrogen-bond acceptors (Lipinski definition) is 5. The van der Waals surface area contributed by atoms with Gasteiger partial charge < -0.3 is 4.90 Å². The molecule has 1 N–H and O–H groups in total. The number of rotatable bonds is 6. The lowest BCUT2D eigenvalue weighted by atomic mass is 9.90. The zero-order valence-electron chi connectivity index (χ0n) is 19.2. The highest BCUT2D eigenvalue weighted by Crippen LogP contribution is 2.29. The Bertz CT molecular complexity index is 1250. The van der Waals surface area contributed by atoms with Crippen LogP contribution < -0.4 is 4.72 Å². The molecule has 1 saturated heterocycles. The minimum atomic E-state index is -3.78. The molecule has 1 aromatic heterocycles. The second-order valence-corrected chi connectivity index (χ2v) is 11.4. The van der Waals surface area contributed by atoms with E-state index in [4.69, 9.17) is 0 Å². The number of anilines is 1. The fourth-order valence-electron chi connectivity index (χ4n) is 4.34. The number of benzene rings is 2. The summed E-state index contributed by atoms with van der Waals surface area (Å²) in [6, 6.07) is 15.7. The molecular formula is C25H29N3O3S2. The van der Waals surface area contributed by atoms with Gasteiger partial charge in [-0.1, -0.05) is 59.4 Å². The van der Waals surface area contributed by atoms with E-state index in [0.29, 0.717) is 35.1 Å². The van der Waals surface area contributed by atoms with E-state index < -0.39 is 10.0 Å². The van der Waals surface area contributed by atoms with E-state index in [1.54, 1.807) is 26.0 Å². The first-order valence-corrected chi connectivity index (χ1v) is 13.4. The molecule has 1 aliphatic heterocycles. The maximum absolute atomic E-state index is 13.1. The zero-order chi connectivity index (χ0) is 23.6. The molecule has 33 heavy (non-hydrogen) atoms.